The second-order valence-corrected chi connectivity index (χ2v) is 5.87. The molecule has 0 saturated carbocycles. The minimum atomic E-state index is 0.182. The molecule has 1 fully saturated rings. The van der Waals surface area contributed by atoms with Gasteiger partial charge in [0, 0.05) is 18.0 Å². The van der Waals surface area contributed by atoms with Crippen molar-refractivity contribution in [3.63, 3.8) is 0 Å². The molecule has 19 heavy (non-hydrogen) atoms. The van der Waals surface area contributed by atoms with Gasteiger partial charge in [-0.05, 0) is 44.4 Å². The van der Waals surface area contributed by atoms with Crippen molar-refractivity contribution in [2.75, 3.05) is 13.7 Å². The Labute approximate surface area is 119 Å². The molecule has 4 heteroatoms. The Balaban J connectivity index is 1.94. The third-order valence-electron chi connectivity index (χ3n) is 4.01. The highest BCUT2D eigenvalue weighted by atomic mass is 35.5. The maximum absolute atomic E-state index is 6.56. The summed E-state index contributed by atoms with van der Waals surface area (Å²) in [5, 5.41) is 4.38. The fraction of sp³-hybridized carbons (Fsp3) is 0.600. The summed E-state index contributed by atoms with van der Waals surface area (Å²) in [7, 11) is 1.69. The first-order valence-corrected chi connectivity index (χ1v) is 7.35. The number of nitrogens with one attached hydrogen (secondary N) is 1. The summed E-state index contributed by atoms with van der Waals surface area (Å²) >= 11 is 6.56. The largest absolute Gasteiger partial charge is 0.493 e. The number of rotatable bonds is 3. The fourth-order valence-corrected chi connectivity index (χ4v) is 3.36. The molecule has 2 unspecified atom stereocenters. The van der Waals surface area contributed by atoms with Gasteiger partial charge in [-0.3, -0.25) is 0 Å². The van der Waals surface area contributed by atoms with Crippen molar-refractivity contribution in [2.24, 2.45) is 0 Å². The molecular formula is C15H20ClNO2. The lowest BCUT2D eigenvalue weighted by Gasteiger charge is -2.15. The zero-order valence-corrected chi connectivity index (χ0v) is 12.2. The molecule has 0 bridgehead atoms. The van der Waals surface area contributed by atoms with Gasteiger partial charge in [0.25, 0.3) is 0 Å². The molecule has 1 aromatic carbocycles. The molecule has 2 aliphatic rings. The van der Waals surface area contributed by atoms with Crippen LogP contribution in [0.25, 0.3) is 0 Å². The zero-order valence-electron chi connectivity index (χ0n) is 11.5. The lowest BCUT2D eigenvalue weighted by atomic mass is 9.99. The van der Waals surface area contributed by atoms with Crippen LogP contribution in [0.5, 0.6) is 11.5 Å². The van der Waals surface area contributed by atoms with Gasteiger partial charge in [-0.25, -0.2) is 0 Å². The summed E-state index contributed by atoms with van der Waals surface area (Å²) in [6.07, 6.45) is 4.50. The normalized spacial score (nSPS) is 25.2. The van der Waals surface area contributed by atoms with E-state index in [1.54, 1.807) is 7.11 Å². The van der Waals surface area contributed by atoms with Crippen LogP contribution < -0.4 is 14.8 Å². The van der Waals surface area contributed by atoms with Crippen LogP contribution in [0.2, 0.25) is 5.02 Å². The van der Waals surface area contributed by atoms with E-state index < -0.39 is 0 Å². The van der Waals surface area contributed by atoms with Crippen molar-refractivity contribution < 1.29 is 9.47 Å². The summed E-state index contributed by atoms with van der Waals surface area (Å²) in [5.74, 6) is 1.65. The van der Waals surface area contributed by atoms with E-state index in [4.69, 9.17) is 21.1 Å². The Bertz CT molecular complexity index is 484. The number of ether oxygens (including phenoxy) is 2. The molecule has 1 saturated heterocycles. The molecule has 0 amide bonds. The van der Waals surface area contributed by atoms with Gasteiger partial charge in [0.1, 0.15) is 6.10 Å². The van der Waals surface area contributed by atoms with E-state index >= 15 is 0 Å². The van der Waals surface area contributed by atoms with E-state index in [2.05, 4.69) is 12.2 Å². The van der Waals surface area contributed by atoms with Crippen molar-refractivity contribution in [2.45, 2.75) is 44.8 Å². The predicted octanol–water partition coefficient (Wildman–Crippen LogP) is 2.97. The second kappa shape index (κ2) is 5.22. The number of methoxy groups -OCH3 is 1. The van der Waals surface area contributed by atoms with E-state index in [1.807, 2.05) is 6.07 Å². The van der Waals surface area contributed by atoms with Gasteiger partial charge >= 0.3 is 0 Å². The Morgan fingerprint density at radius 1 is 1.53 bits per heavy atom. The van der Waals surface area contributed by atoms with E-state index in [-0.39, 0.29) is 6.10 Å². The minimum absolute atomic E-state index is 0.182. The predicted molar refractivity (Wildman–Crippen MR) is 76.5 cm³/mol. The number of fused-ring (bicyclic) bond motifs is 1. The molecule has 0 aromatic heterocycles. The highest BCUT2D eigenvalue weighted by Crippen LogP contribution is 2.44. The maximum atomic E-state index is 6.56. The third-order valence-corrected chi connectivity index (χ3v) is 4.48. The van der Waals surface area contributed by atoms with Crippen LogP contribution in [0.3, 0.4) is 0 Å². The summed E-state index contributed by atoms with van der Waals surface area (Å²) in [5.41, 5.74) is 2.29. The first-order valence-electron chi connectivity index (χ1n) is 6.97. The molecule has 2 heterocycles. The van der Waals surface area contributed by atoms with Crippen molar-refractivity contribution in [1.29, 1.82) is 0 Å². The van der Waals surface area contributed by atoms with Gasteiger partial charge in [-0.1, -0.05) is 11.6 Å². The van der Waals surface area contributed by atoms with Crippen LogP contribution in [0, 0.1) is 0 Å². The molecular weight excluding hydrogens is 262 g/mol. The van der Waals surface area contributed by atoms with Crippen LogP contribution in [-0.4, -0.2) is 25.8 Å². The molecule has 0 aliphatic carbocycles. The van der Waals surface area contributed by atoms with E-state index in [0.717, 1.165) is 41.5 Å². The number of hydrogen-bond donors (Lipinski definition) is 1. The Morgan fingerprint density at radius 2 is 2.37 bits per heavy atom. The van der Waals surface area contributed by atoms with Gasteiger partial charge in [0.2, 0.25) is 0 Å². The Morgan fingerprint density at radius 3 is 3.05 bits per heavy atom. The molecule has 1 N–H and O–H groups in total. The zero-order chi connectivity index (χ0) is 13.4. The average molecular weight is 282 g/mol. The van der Waals surface area contributed by atoms with E-state index in [1.165, 1.54) is 18.4 Å². The first kappa shape index (κ1) is 13.1. The van der Waals surface area contributed by atoms with Crippen molar-refractivity contribution >= 4 is 11.6 Å². The van der Waals surface area contributed by atoms with Crippen LogP contribution >= 0.6 is 11.6 Å². The quantitative estimate of drug-likeness (QED) is 0.924. The van der Waals surface area contributed by atoms with Gasteiger partial charge in [0.15, 0.2) is 11.5 Å². The molecule has 1 aromatic rings. The molecule has 0 spiro atoms. The maximum Gasteiger partial charge on any atom is 0.166 e. The number of hydrogen-bond acceptors (Lipinski definition) is 3. The summed E-state index contributed by atoms with van der Waals surface area (Å²) < 4.78 is 11.3. The summed E-state index contributed by atoms with van der Waals surface area (Å²) in [4.78, 5) is 0. The second-order valence-electron chi connectivity index (χ2n) is 5.49. The highest BCUT2D eigenvalue weighted by molar-refractivity contribution is 6.32. The Hall–Kier alpha value is -0.930. The van der Waals surface area contributed by atoms with Crippen LogP contribution in [0.1, 0.15) is 30.9 Å². The lowest BCUT2D eigenvalue weighted by molar-refractivity contribution is 0.243. The molecule has 2 atom stereocenters. The highest BCUT2D eigenvalue weighted by Gasteiger charge is 2.28. The van der Waals surface area contributed by atoms with E-state index in [9.17, 15) is 0 Å². The van der Waals surface area contributed by atoms with Gasteiger partial charge in [0.05, 0.1) is 12.1 Å². The van der Waals surface area contributed by atoms with Crippen LogP contribution in [0.15, 0.2) is 6.07 Å². The molecule has 2 aliphatic heterocycles. The third kappa shape index (κ3) is 2.41. The molecule has 3 rings (SSSR count). The topological polar surface area (TPSA) is 30.5 Å². The van der Waals surface area contributed by atoms with Gasteiger partial charge in [-0.15, -0.1) is 0 Å². The summed E-state index contributed by atoms with van der Waals surface area (Å²) in [6, 6.07) is 2.58. The SMILES string of the molecule is COc1cc(CC2CCCN2)c(Cl)c2c1OC(C)C2. The average Bonchev–Trinajstić information content (AvgIpc) is 3.02. The summed E-state index contributed by atoms with van der Waals surface area (Å²) in [6.45, 7) is 3.18. The van der Waals surface area contributed by atoms with Crippen molar-refractivity contribution in [3.8, 4) is 11.5 Å². The molecule has 0 radical (unpaired) electrons. The monoisotopic (exact) mass is 281 g/mol. The fourth-order valence-electron chi connectivity index (χ4n) is 3.07. The van der Waals surface area contributed by atoms with Gasteiger partial charge < -0.3 is 14.8 Å². The lowest BCUT2D eigenvalue weighted by Crippen LogP contribution is -2.23. The first-order chi connectivity index (χ1) is 9.19. The van der Waals surface area contributed by atoms with E-state index in [0.29, 0.717) is 6.04 Å². The van der Waals surface area contributed by atoms with Crippen molar-refractivity contribution in [1.82, 2.24) is 5.32 Å². The molecule has 3 nitrogen and oxygen atoms in total. The van der Waals surface area contributed by atoms with Crippen molar-refractivity contribution in [3.05, 3.63) is 22.2 Å². The Kier molecular flexibility index (Phi) is 3.59. The molecule has 104 valence electrons. The minimum Gasteiger partial charge on any atom is -0.493 e. The number of halogens is 1. The van der Waals surface area contributed by atoms with Crippen LogP contribution in [0.4, 0.5) is 0 Å². The smallest absolute Gasteiger partial charge is 0.166 e. The number of benzene rings is 1. The standard InChI is InChI=1S/C15H20ClNO2/c1-9-6-12-14(16)10(7-11-4-3-5-17-11)8-13(18-2)15(12)19-9/h8-9,11,17H,3-7H2,1-2H3. The van der Waals surface area contributed by atoms with Crippen LogP contribution in [-0.2, 0) is 12.8 Å². The van der Waals surface area contributed by atoms with Gasteiger partial charge in [-0.2, -0.15) is 0 Å².